The molecule has 0 radical (unpaired) electrons. The number of fused-ring (bicyclic) bond motifs is 5. The number of nitrogens with zero attached hydrogens (tertiary/aromatic N) is 1. The molecule has 2 bridgehead atoms. The summed E-state index contributed by atoms with van der Waals surface area (Å²) in [6, 6.07) is 3.32. The molecule has 2 fully saturated rings. The first-order valence-electron chi connectivity index (χ1n) is 6.59. The molecule has 0 aromatic heterocycles. The summed E-state index contributed by atoms with van der Waals surface area (Å²) in [5, 5.41) is 0. The van der Waals surface area contributed by atoms with E-state index in [0.717, 1.165) is 18.6 Å². The van der Waals surface area contributed by atoms with Crippen LogP contribution in [0.2, 0.25) is 0 Å². The summed E-state index contributed by atoms with van der Waals surface area (Å²) in [6.07, 6.45) is 4.68. The molecule has 1 aliphatic heterocycles. The number of anilines is 1. The van der Waals surface area contributed by atoms with E-state index in [4.69, 9.17) is 0 Å². The standard InChI is InChI=1S/C15H11F2NO2/c16-9-2-1-3-10(17)13(9)18-14(19)11-7-4-5-8(6-7)12(11)15(18)20/h1-5,7-8,11-12H,6H2/t7-,8-,11-,12-/m0/s1. The van der Waals surface area contributed by atoms with Crippen LogP contribution in [0.25, 0.3) is 0 Å². The molecule has 3 aliphatic rings. The molecule has 3 nitrogen and oxygen atoms in total. The van der Waals surface area contributed by atoms with Crippen molar-refractivity contribution >= 4 is 17.5 Å². The third-order valence-electron chi connectivity index (χ3n) is 4.63. The minimum atomic E-state index is -0.882. The molecule has 1 aromatic rings. The van der Waals surface area contributed by atoms with E-state index in [9.17, 15) is 18.4 Å². The SMILES string of the molecule is O=C1[C@@H]2[C@@H](C(=O)N1c1c(F)cccc1F)[C@H]1C=C[C@H]2C1. The van der Waals surface area contributed by atoms with Crippen molar-refractivity contribution in [2.75, 3.05) is 4.90 Å². The molecule has 4 atom stereocenters. The van der Waals surface area contributed by atoms with E-state index in [2.05, 4.69) is 0 Å². The molecule has 5 heteroatoms. The quantitative estimate of drug-likeness (QED) is 0.582. The van der Waals surface area contributed by atoms with Gasteiger partial charge in [0.15, 0.2) is 0 Å². The van der Waals surface area contributed by atoms with E-state index in [1.54, 1.807) is 0 Å². The topological polar surface area (TPSA) is 37.4 Å². The van der Waals surface area contributed by atoms with E-state index in [1.165, 1.54) is 6.07 Å². The number of carbonyl (C=O) groups is 2. The van der Waals surface area contributed by atoms with Crippen LogP contribution in [0.15, 0.2) is 30.4 Å². The zero-order valence-corrected chi connectivity index (χ0v) is 10.4. The molecular formula is C15H11F2NO2. The molecule has 1 saturated carbocycles. The van der Waals surface area contributed by atoms with E-state index < -0.39 is 41.0 Å². The summed E-state index contributed by atoms with van der Waals surface area (Å²) in [7, 11) is 0. The Kier molecular flexibility index (Phi) is 2.20. The van der Waals surface area contributed by atoms with Gasteiger partial charge in [-0.25, -0.2) is 13.7 Å². The van der Waals surface area contributed by atoms with Gasteiger partial charge in [0.25, 0.3) is 0 Å². The van der Waals surface area contributed by atoms with Crippen LogP contribution in [0.3, 0.4) is 0 Å². The number of para-hydroxylation sites is 1. The Bertz CT molecular complexity index is 620. The van der Waals surface area contributed by atoms with Crippen LogP contribution in [0.5, 0.6) is 0 Å². The maximum atomic E-state index is 13.8. The van der Waals surface area contributed by atoms with Crippen LogP contribution in [-0.4, -0.2) is 11.8 Å². The monoisotopic (exact) mass is 275 g/mol. The van der Waals surface area contributed by atoms with Crippen LogP contribution in [-0.2, 0) is 9.59 Å². The smallest absolute Gasteiger partial charge is 0.238 e. The van der Waals surface area contributed by atoms with Crippen LogP contribution >= 0.6 is 0 Å². The lowest BCUT2D eigenvalue weighted by Crippen LogP contribution is -2.34. The van der Waals surface area contributed by atoms with Gasteiger partial charge in [0.2, 0.25) is 11.8 Å². The molecule has 0 N–H and O–H groups in total. The Balaban J connectivity index is 1.82. The Morgan fingerprint density at radius 1 is 0.950 bits per heavy atom. The highest BCUT2D eigenvalue weighted by Crippen LogP contribution is 2.53. The molecule has 4 rings (SSSR count). The van der Waals surface area contributed by atoms with Crippen LogP contribution in [0.4, 0.5) is 14.5 Å². The van der Waals surface area contributed by atoms with Gasteiger partial charge in [0, 0.05) is 0 Å². The Morgan fingerprint density at radius 3 is 1.95 bits per heavy atom. The lowest BCUT2D eigenvalue weighted by molar-refractivity contribution is -0.123. The predicted molar refractivity (Wildman–Crippen MR) is 66.6 cm³/mol. The second-order valence-electron chi connectivity index (χ2n) is 5.58. The summed E-state index contributed by atoms with van der Waals surface area (Å²) >= 11 is 0. The second-order valence-corrected chi connectivity index (χ2v) is 5.58. The van der Waals surface area contributed by atoms with Gasteiger partial charge < -0.3 is 0 Å². The van der Waals surface area contributed by atoms with Crippen molar-refractivity contribution in [1.82, 2.24) is 0 Å². The van der Waals surface area contributed by atoms with Crippen molar-refractivity contribution in [3.8, 4) is 0 Å². The number of benzene rings is 1. The average Bonchev–Trinajstić information content (AvgIpc) is 3.07. The van der Waals surface area contributed by atoms with Crippen molar-refractivity contribution in [3.05, 3.63) is 42.0 Å². The van der Waals surface area contributed by atoms with Gasteiger partial charge in [0.05, 0.1) is 11.8 Å². The van der Waals surface area contributed by atoms with Crippen molar-refractivity contribution in [1.29, 1.82) is 0 Å². The lowest BCUT2D eigenvalue weighted by atomic mass is 9.85. The first-order valence-corrected chi connectivity index (χ1v) is 6.59. The molecule has 0 spiro atoms. The van der Waals surface area contributed by atoms with Crippen LogP contribution in [0, 0.1) is 35.3 Å². The largest absolute Gasteiger partial charge is 0.274 e. The third-order valence-corrected chi connectivity index (χ3v) is 4.63. The molecule has 1 saturated heterocycles. The molecule has 2 amide bonds. The molecule has 20 heavy (non-hydrogen) atoms. The van der Waals surface area contributed by atoms with Gasteiger partial charge in [0.1, 0.15) is 17.3 Å². The molecule has 0 unspecified atom stereocenters. The van der Waals surface area contributed by atoms with Gasteiger partial charge in [-0.1, -0.05) is 18.2 Å². The Hall–Kier alpha value is -2.04. The number of hydrogen-bond donors (Lipinski definition) is 0. The van der Waals surface area contributed by atoms with Crippen molar-refractivity contribution < 1.29 is 18.4 Å². The van der Waals surface area contributed by atoms with Crippen molar-refractivity contribution in [3.63, 3.8) is 0 Å². The van der Waals surface area contributed by atoms with Crippen molar-refractivity contribution in [2.24, 2.45) is 23.7 Å². The number of halogens is 2. The highest BCUT2D eigenvalue weighted by molar-refractivity contribution is 6.22. The first kappa shape index (κ1) is 11.8. The zero-order chi connectivity index (χ0) is 14.0. The number of amides is 2. The molecule has 1 heterocycles. The molecular weight excluding hydrogens is 264 g/mol. The minimum absolute atomic E-state index is 0.0290. The summed E-state index contributed by atoms with van der Waals surface area (Å²) in [6.45, 7) is 0. The first-order chi connectivity index (χ1) is 9.59. The van der Waals surface area contributed by atoms with Gasteiger partial charge in [-0.3, -0.25) is 9.59 Å². The molecule has 2 aliphatic carbocycles. The molecule has 1 aromatic carbocycles. The molecule has 102 valence electrons. The average molecular weight is 275 g/mol. The maximum Gasteiger partial charge on any atom is 0.238 e. The lowest BCUT2D eigenvalue weighted by Gasteiger charge is -2.18. The zero-order valence-electron chi connectivity index (χ0n) is 10.4. The van der Waals surface area contributed by atoms with Gasteiger partial charge >= 0.3 is 0 Å². The van der Waals surface area contributed by atoms with E-state index in [0.29, 0.717) is 4.90 Å². The fourth-order valence-corrected chi connectivity index (χ4v) is 3.83. The van der Waals surface area contributed by atoms with Crippen molar-refractivity contribution in [2.45, 2.75) is 6.42 Å². The summed E-state index contributed by atoms with van der Waals surface area (Å²) in [5.74, 6) is -3.55. The fourth-order valence-electron chi connectivity index (χ4n) is 3.83. The highest BCUT2D eigenvalue weighted by Gasteiger charge is 2.60. The highest BCUT2D eigenvalue weighted by atomic mass is 19.1. The maximum absolute atomic E-state index is 13.8. The van der Waals surface area contributed by atoms with E-state index in [1.807, 2.05) is 12.2 Å². The third kappa shape index (κ3) is 1.27. The normalized spacial score (nSPS) is 34.2. The minimum Gasteiger partial charge on any atom is -0.274 e. The van der Waals surface area contributed by atoms with Crippen LogP contribution in [0.1, 0.15) is 6.42 Å². The fraction of sp³-hybridized carbons (Fsp3) is 0.333. The second kappa shape index (κ2) is 3.75. The van der Waals surface area contributed by atoms with Gasteiger partial charge in [-0.05, 0) is 30.4 Å². The van der Waals surface area contributed by atoms with Crippen LogP contribution < -0.4 is 4.90 Å². The Morgan fingerprint density at radius 2 is 1.45 bits per heavy atom. The van der Waals surface area contributed by atoms with Gasteiger partial charge in [-0.2, -0.15) is 0 Å². The number of imide groups is 1. The number of allylic oxidation sites excluding steroid dienone is 2. The number of carbonyl (C=O) groups excluding carboxylic acids is 2. The Labute approximate surface area is 113 Å². The predicted octanol–water partition coefficient (Wildman–Crippen LogP) is 2.28. The van der Waals surface area contributed by atoms with E-state index >= 15 is 0 Å². The number of hydrogen-bond acceptors (Lipinski definition) is 2. The number of rotatable bonds is 1. The summed E-state index contributed by atoms with van der Waals surface area (Å²) in [5.41, 5.74) is -0.531. The van der Waals surface area contributed by atoms with Gasteiger partial charge in [-0.15, -0.1) is 0 Å². The summed E-state index contributed by atoms with van der Waals surface area (Å²) in [4.78, 5) is 25.6. The van der Waals surface area contributed by atoms with E-state index in [-0.39, 0.29) is 11.8 Å². The summed E-state index contributed by atoms with van der Waals surface area (Å²) < 4.78 is 27.7.